The lowest BCUT2D eigenvalue weighted by atomic mass is 9.84. The lowest BCUT2D eigenvalue weighted by molar-refractivity contribution is -0.144. The number of carbonyl (C=O) groups is 3. The average Bonchev–Trinajstić information content (AvgIpc) is 3.00. The normalized spacial score (nSPS) is 16.7. The molecule has 202 valence electrons. The number of hydrogen-bond acceptors (Lipinski definition) is 5. The number of nitrogens with one attached hydrogen (secondary N) is 3. The van der Waals surface area contributed by atoms with Crippen LogP contribution in [0.3, 0.4) is 0 Å². The Morgan fingerprint density at radius 1 is 0.750 bits per heavy atom. The molecule has 0 aliphatic carbocycles. The molecule has 4 aromatic rings. The summed E-state index contributed by atoms with van der Waals surface area (Å²) in [4.78, 5) is 39.4. The SMILES string of the molecule is O=C(N[C@H](C(=O)N[C@@H]1C(=O)N[C@H]1Oc1ccccc1)C(c1ccccc1)c1ccccc1)OCc1ccccc1. The van der Waals surface area contributed by atoms with E-state index in [-0.39, 0.29) is 12.5 Å². The molecule has 8 heteroatoms. The molecular weight excluding hydrogens is 506 g/mol. The van der Waals surface area contributed by atoms with Crippen LogP contribution in [0.4, 0.5) is 4.79 Å². The molecule has 0 aromatic heterocycles. The Labute approximate surface area is 232 Å². The van der Waals surface area contributed by atoms with Gasteiger partial charge in [-0.1, -0.05) is 109 Å². The number of ether oxygens (including phenoxy) is 2. The second-order valence-corrected chi connectivity index (χ2v) is 9.33. The standard InChI is InChI=1S/C32H29N3O5/c36-29(33-28-30(37)35-31(28)40-25-19-11-4-12-20-25)27(34-32(38)39-21-22-13-5-1-6-14-22)26(23-15-7-2-8-16-23)24-17-9-3-10-18-24/h1-20,26-28,31H,21H2,(H,33,36)(H,34,38)(H,35,37)/t27-,28+,31-/m0/s1. The van der Waals surface area contributed by atoms with Crippen molar-refractivity contribution < 1.29 is 23.9 Å². The minimum atomic E-state index is -1.10. The van der Waals surface area contributed by atoms with Crippen LogP contribution in [0.25, 0.3) is 0 Å². The molecule has 1 fully saturated rings. The molecule has 40 heavy (non-hydrogen) atoms. The quantitative estimate of drug-likeness (QED) is 0.265. The van der Waals surface area contributed by atoms with Crippen molar-refractivity contribution in [2.45, 2.75) is 30.8 Å². The summed E-state index contributed by atoms with van der Waals surface area (Å²) >= 11 is 0. The predicted octanol–water partition coefficient (Wildman–Crippen LogP) is 4.13. The van der Waals surface area contributed by atoms with Crippen LogP contribution in [-0.4, -0.2) is 36.2 Å². The molecule has 1 saturated heterocycles. The number of amides is 3. The number of carbonyl (C=O) groups excluding carboxylic acids is 3. The van der Waals surface area contributed by atoms with E-state index in [2.05, 4.69) is 16.0 Å². The van der Waals surface area contributed by atoms with E-state index >= 15 is 0 Å². The Bertz CT molecular complexity index is 1380. The number of β-lactam (4-membered cyclic amide) rings is 1. The molecule has 3 amide bonds. The summed E-state index contributed by atoms with van der Waals surface area (Å²) in [5.74, 6) is -0.938. The Balaban J connectivity index is 1.39. The van der Waals surface area contributed by atoms with Gasteiger partial charge in [-0.05, 0) is 28.8 Å². The van der Waals surface area contributed by atoms with Crippen molar-refractivity contribution >= 4 is 17.9 Å². The molecule has 1 heterocycles. The smallest absolute Gasteiger partial charge is 0.408 e. The zero-order valence-corrected chi connectivity index (χ0v) is 21.6. The third kappa shape index (κ3) is 6.47. The number of alkyl carbamates (subject to hydrolysis) is 1. The summed E-state index contributed by atoms with van der Waals surface area (Å²) in [6.07, 6.45) is -1.51. The first-order valence-corrected chi connectivity index (χ1v) is 13.0. The zero-order chi connectivity index (χ0) is 27.7. The van der Waals surface area contributed by atoms with E-state index in [1.165, 1.54) is 0 Å². The summed E-state index contributed by atoms with van der Waals surface area (Å²) in [6, 6.07) is 35.1. The molecule has 8 nitrogen and oxygen atoms in total. The van der Waals surface area contributed by atoms with Crippen LogP contribution in [0.5, 0.6) is 5.75 Å². The Kier molecular flexibility index (Phi) is 8.36. The van der Waals surface area contributed by atoms with Gasteiger partial charge in [0.2, 0.25) is 12.1 Å². The van der Waals surface area contributed by atoms with E-state index in [1.807, 2.05) is 109 Å². The number of rotatable bonds is 10. The van der Waals surface area contributed by atoms with Gasteiger partial charge in [0, 0.05) is 5.92 Å². The fourth-order valence-electron chi connectivity index (χ4n) is 4.57. The Morgan fingerprint density at radius 2 is 1.27 bits per heavy atom. The molecule has 3 atom stereocenters. The summed E-state index contributed by atoms with van der Waals surface area (Å²) < 4.78 is 11.3. The minimum Gasteiger partial charge on any atom is -0.468 e. The van der Waals surface area contributed by atoms with Crippen molar-refractivity contribution in [3.63, 3.8) is 0 Å². The van der Waals surface area contributed by atoms with Crippen LogP contribution >= 0.6 is 0 Å². The van der Waals surface area contributed by atoms with Crippen molar-refractivity contribution in [1.29, 1.82) is 0 Å². The number of para-hydroxylation sites is 1. The van der Waals surface area contributed by atoms with Gasteiger partial charge >= 0.3 is 6.09 Å². The second kappa shape index (κ2) is 12.6. The van der Waals surface area contributed by atoms with Crippen molar-refractivity contribution in [2.75, 3.05) is 0 Å². The first-order valence-electron chi connectivity index (χ1n) is 13.0. The van der Waals surface area contributed by atoms with Crippen molar-refractivity contribution in [3.8, 4) is 5.75 Å². The monoisotopic (exact) mass is 535 g/mol. The molecular formula is C32H29N3O5. The van der Waals surface area contributed by atoms with Gasteiger partial charge in [0.1, 0.15) is 18.4 Å². The van der Waals surface area contributed by atoms with Crippen LogP contribution in [0.1, 0.15) is 22.6 Å². The van der Waals surface area contributed by atoms with Crippen molar-refractivity contribution in [1.82, 2.24) is 16.0 Å². The Hall–Kier alpha value is -5.11. The van der Waals surface area contributed by atoms with E-state index in [4.69, 9.17) is 9.47 Å². The predicted molar refractivity (Wildman–Crippen MR) is 149 cm³/mol. The van der Waals surface area contributed by atoms with E-state index in [1.54, 1.807) is 12.1 Å². The zero-order valence-electron chi connectivity index (χ0n) is 21.6. The fourth-order valence-corrected chi connectivity index (χ4v) is 4.57. The molecule has 3 N–H and O–H groups in total. The number of benzene rings is 4. The van der Waals surface area contributed by atoms with Crippen LogP contribution in [-0.2, 0) is 20.9 Å². The summed E-state index contributed by atoms with van der Waals surface area (Å²) in [5.41, 5.74) is 2.44. The average molecular weight is 536 g/mol. The van der Waals surface area contributed by atoms with E-state index in [0.717, 1.165) is 16.7 Å². The maximum absolute atomic E-state index is 13.9. The first kappa shape index (κ1) is 26.5. The van der Waals surface area contributed by atoms with Gasteiger partial charge in [-0.2, -0.15) is 0 Å². The summed E-state index contributed by atoms with van der Waals surface area (Å²) in [5, 5.41) is 8.23. The van der Waals surface area contributed by atoms with Gasteiger partial charge in [0.25, 0.3) is 5.91 Å². The van der Waals surface area contributed by atoms with Crippen LogP contribution in [0, 0.1) is 0 Å². The molecule has 5 rings (SSSR count). The Morgan fingerprint density at radius 3 is 1.82 bits per heavy atom. The van der Waals surface area contributed by atoms with E-state index < -0.39 is 36.2 Å². The lowest BCUT2D eigenvalue weighted by Gasteiger charge is -2.38. The minimum absolute atomic E-state index is 0.0420. The molecule has 1 aliphatic heterocycles. The maximum Gasteiger partial charge on any atom is 0.408 e. The van der Waals surface area contributed by atoms with Gasteiger partial charge < -0.3 is 25.4 Å². The van der Waals surface area contributed by atoms with Gasteiger partial charge in [-0.25, -0.2) is 4.79 Å². The second-order valence-electron chi connectivity index (χ2n) is 9.33. The van der Waals surface area contributed by atoms with Crippen LogP contribution in [0.15, 0.2) is 121 Å². The van der Waals surface area contributed by atoms with Crippen molar-refractivity contribution in [3.05, 3.63) is 138 Å². The summed E-state index contributed by atoms with van der Waals surface area (Å²) in [7, 11) is 0. The highest BCUT2D eigenvalue weighted by Crippen LogP contribution is 2.29. The molecule has 0 unspecified atom stereocenters. The van der Waals surface area contributed by atoms with E-state index in [0.29, 0.717) is 5.75 Å². The fraction of sp³-hybridized carbons (Fsp3) is 0.156. The van der Waals surface area contributed by atoms with Crippen LogP contribution in [0.2, 0.25) is 0 Å². The van der Waals surface area contributed by atoms with Gasteiger partial charge in [0.15, 0.2) is 6.04 Å². The third-order valence-electron chi connectivity index (χ3n) is 6.59. The molecule has 0 bridgehead atoms. The van der Waals surface area contributed by atoms with Crippen LogP contribution < -0.4 is 20.7 Å². The number of hydrogen-bond donors (Lipinski definition) is 3. The topological polar surface area (TPSA) is 106 Å². The summed E-state index contributed by atoms with van der Waals surface area (Å²) in [6.45, 7) is 0.0420. The third-order valence-corrected chi connectivity index (χ3v) is 6.59. The van der Waals surface area contributed by atoms with Gasteiger partial charge in [-0.15, -0.1) is 0 Å². The highest BCUT2D eigenvalue weighted by atomic mass is 16.5. The molecule has 0 radical (unpaired) electrons. The van der Waals surface area contributed by atoms with E-state index in [9.17, 15) is 14.4 Å². The first-order chi connectivity index (χ1) is 19.6. The van der Waals surface area contributed by atoms with Gasteiger partial charge in [0.05, 0.1) is 0 Å². The molecule has 0 spiro atoms. The molecule has 4 aromatic carbocycles. The molecule has 1 aliphatic rings. The van der Waals surface area contributed by atoms with Crippen molar-refractivity contribution in [2.24, 2.45) is 0 Å². The largest absolute Gasteiger partial charge is 0.468 e. The highest BCUT2D eigenvalue weighted by Gasteiger charge is 2.44. The lowest BCUT2D eigenvalue weighted by Crippen LogP contribution is -2.72. The maximum atomic E-state index is 13.9. The highest BCUT2D eigenvalue weighted by molar-refractivity contribution is 5.95. The van der Waals surface area contributed by atoms with Gasteiger partial charge in [-0.3, -0.25) is 9.59 Å². The molecule has 0 saturated carbocycles.